The van der Waals surface area contributed by atoms with E-state index < -0.39 is 0 Å². The van der Waals surface area contributed by atoms with Crippen molar-refractivity contribution in [2.24, 2.45) is 7.05 Å². The highest BCUT2D eigenvalue weighted by atomic mass is 32.2. The van der Waals surface area contributed by atoms with Crippen LogP contribution in [0.25, 0.3) is 0 Å². The van der Waals surface area contributed by atoms with Crippen LogP contribution in [-0.4, -0.2) is 14.8 Å². The second-order valence-electron chi connectivity index (χ2n) is 4.09. The molecule has 0 aliphatic carbocycles. The molecule has 0 bridgehead atoms. The lowest BCUT2D eigenvalue weighted by Gasteiger charge is -2.03. The second kappa shape index (κ2) is 5.36. The van der Waals surface area contributed by atoms with Gasteiger partial charge in [0.05, 0.1) is 0 Å². The molecule has 17 heavy (non-hydrogen) atoms. The molecule has 0 radical (unpaired) electrons. The average Bonchev–Trinajstić information content (AvgIpc) is 2.69. The number of hydrogen-bond donors (Lipinski definition) is 0. The topological polar surface area (TPSA) is 30.7 Å². The average molecular weight is 247 g/mol. The lowest BCUT2D eigenvalue weighted by molar-refractivity contribution is 0.741. The molecular formula is C13H17N3S. The van der Waals surface area contributed by atoms with Gasteiger partial charge in [0.15, 0.2) is 5.16 Å². The van der Waals surface area contributed by atoms with Crippen LogP contribution < -0.4 is 0 Å². The molecule has 0 spiro atoms. The summed E-state index contributed by atoms with van der Waals surface area (Å²) in [6, 6.07) is 8.62. The van der Waals surface area contributed by atoms with Crippen LogP contribution in [0.15, 0.2) is 29.4 Å². The summed E-state index contributed by atoms with van der Waals surface area (Å²) >= 11 is 1.73. The van der Waals surface area contributed by atoms with Crippen molar-refractivity contribution >= 4 is 11.8 Å². The minimum absolute atomic E-state index is 0.925. The zero-order chi connectivity index (χ0) is 12.3. The van der Waals surface area contributed by atoms with E-state index in [0.29, 0.717) is 0 Å². The first-order chi connectivity index (χ1) is 8.20. The number of aromatic nitrogens is 3. The summed E-state index contributed by atoms with van der Waals surface area (Å²) in [4.78, 5) is 0. The molecule has 0 aliphatic rings. The fraction of sp³-hybridized carbons (Fsp3) is 0.385. The zero-order valence-electron chi connectivity index (χ0n) is 10.5. The smallest absolute Gasteiger partial charge is 0.191 e. The Balaban J connectivity index is 2.02. The molecule has 2 rings (SSSR count). The van der Waals surface area contributed by atoms with Crippen molar-refractivity contribution in [3.05, 3.63) is 41.2 Å². The van der Waals surface area contributed by atoms with E-state index in [-0.39, 0.29) is 0 Å². The Kier molecular flexibility index (Phi) is 3.84. The van der Waals surface area contributed by atoms with Crippen LogP contribution >= 0.6 is 11.8 Å². The Hall–Kier alpha value is -1.29. The Bertz CT molecular complexity index is 488. The van der Waals surface area contributed by atoms with Crippen LogP contribution in [0.5, 0.6) is 0 Å². The predicted octanol–water partition coefficient (Wildman–Crippen LogP) is 2.98. The standard InChI is InChI=1S/C13H17N3S/c1-4-12-14-15-13(16(12)3)17-9-11-7-5-10(2)6-8-11/h5-8H,4,9H2,1-3H3. The summed E-state index contributed by atoms with van der Waals surface area (Å²) in [5.41, 5.74) is 2.62. The number of rotatable bonds is 4. The van der Waals surface area contributed by atoms with E-state index >= 15 is 0 Å². The monoisotopic (exact) mass is 247 g/mol. The molecule has 0 N–H and O–H groups in total. The van der Waals surface area contributed by atoms with Crippen LogP contribution in [0.3, 0.4) is 0 Å². The highest BCUT2D eigenvalue weighted by molar-refractivity contribution is 7.98. The van der Waals surface area contributed by atoms with Crippen molar-refractivity contribution in [3.8, 4) is 0 Å². The maximum Gasteiger partial charge on any atom is 0.191 e. The number of thioether (sulfide) groups is 1. The molecule has 1 aromatic heterocycles. The Morgan fingerprint density at radius 3 is 2.47 bits per heavy atom. The molecular weight excluding hydrogens is 230 g/mol. The van der Waals surface area contributed by atoms with Crippen molar-refractivity contribution in [2.75, 3.05) is 0 Å². The van der Waals surface area contributed by atoms with Gasteiger partial charge in [-0.2, -0.15) is 0 Å². The quantitative estimate of drug-likeness (QED) is 0.778. The number of hydrogen-bond acceptors (Lipinski definition) is 3. The third-order valence-electron chi connectivity index (χ3n) is 2.73. The highest BCUT2D eigenvalue weighted by Crippen LogP contribution is 2.21. The Morgan fingerprint density at radius 1 is 1.18 bits per heavy atom. The number of benzene rings is 1. The third kappa shape index (κ3) is 2.88. The van der Waals surface area contributed by atoms with Crippen molar-refractivity contribution in [2.45, 2.75) is 31.2 Å². The normalized spacial score (nSPS) is 10.8. The summed E-state index contributed by atoms with van der Waals surface area (Å²) in [5.74, 6) is 1.98. The molecule has 0 unspecified atom stereocenters. The van der Waals surface area contributed by atoms with Crippen LogP contribution in [-0.2, 0) is 19.2 Å². The van der Waals surface area contributed by atoms with Gasteiger partial charge in [-0.3, -0.25) is 0 Å². The molecule has 2 aromatic rings. The summed E-state index contributed by atoms with van der Waals surface area (Å²) < 4.78 is 2.07. The first-order valence-electron chi connectivity index (χ1n) is 5.77. The molecule has 0 saturated carbocycles. The maximum absolute atomic E-state index is 4.20. The molecule has 4 heteroatoms. The van der Waals surface area contributed by atoms with Gasteiger partial charge in [-0.1, -0.05) is 48.5 Å². The Labute approximate surface area is 106 Å². The Morgan fingerprint density at radius 2 is 1.88 bits per heavy atom. The van der Waals surface area contributed by atoms with Gasteiger partial charge in [0.2, 0.25) is 0 Å². The van der Waals surface area contributed by atoms with Gasteiger partial charge >= 0.3 is 0 Å². The fourth-order valence-electron chi connectivity index (χ4n) is 1.61. The lowest BCUT2D eigenvalue weighted by atomic mass is 10.2. The summed E-state index contributed by atoms with van der Waals surface area (Å²) in [6.45, 7) is 4.20. The molecule has 0 amide bonds. The van der Waals surface area contributed by atoms with Crippen molar-refractivity contribution in [1.82, 2.24) is 14.8 Å². The summed E-state index contributed by atoms with van der Waals surface area (Å²) in [5, 5.41) is 9.34. The van der Waals surface area contributed by atoms with Gasteiger partial charge in [0.1, 0.15) is 5.82 Å². The number of aryl methyl sites for hydroxylation is 2. The maximum atomic E-state index is 4.20. The van der Waals surface area contributed by atoms with Gasteiger partial charge in [0, 0.05) is 19.2 Å². The van der Waals surface area contributed by atoms with E-state index in [1.165, 1.54) is 11.1 Å². The number of nitrogens with zero attached hydrogens (tertiary/aromatic N) is 3. The highest BCUT2D eigenvalue weighted by Gasteiger charge is 2.07. The minimum Gasteiger partial charge on any atom is -0.309 e. The predicted molar refractivity (Wildman–Crippen MR) is 71.1 cm³/mol. The summed E-state index contributed by atoms with van der Waals surface area (Å²) in [7, 11) is 2.02. The van der Waals surface area contributed by atoms with E-state index in [2.05, 4.69) is 52.9 Å². The van der Waals surface area contributed by atoms with Crippen molar-refractivity contribution in [1.29, 1.82) is 0 Å². The van der Waals surface area contributed by atoms with Gasteiger partial charge < -0.3 is 4.57 Å². The lowest BCUT2D eigenvalue weighted by Crippen LogP contribution is -1.97. The van der Waals surface area contributed by atoms with Crippen molar-refractivity contribution < 1.29 is 0 Å². The van der Waals surface area contributed by atoms with Crippen LogP contribution in [0.2, 0.25) is 0 Å². The van der Waals surface area contributed by atoms with Crippen LogP contribution in [0.1, 0.15) is 23.9 Å². The second-order valence-corrected chi connectivity index (χ2v) is 5.03. The third-order valence-corrected chi connectivity index (χ3v) is 3.82. The van der Waals surface area contributed by atoms with Crippen LogP contribution in [0, 0.1) is 6.92 Å². The van der Waals surface area contributed by atoms with Crippen LogP contribution in [0.4, 0.5) is 0 Å². The SMILES string of the molecule is CCc1nnc(SCc2ccc(C)cc2)n1C. The van der Waals surface area contributed by atoms with Gasteiger partial charge in [-0.15, -0.1) is 10.2 Å². The molecule has 1 heterocycles. The van der Waals surface area contributed by atoms with E-state index in [4.69, 9.17) is 0 Å². The first-order valence-corrected chi connectivity index (χ1v) is 6.76. The molecule has 0 saturated heterocycles. The van der Waals surface area contributed by atoms with Gasteiger partial charge in [-0.05, 0) is 12.5 Å². The molecule has 0 atom stereocenters. The van der Waals surface area contributed by atoms with Gasteiger partial charge in [-0.25, -0.2) is 0 Å². The molecule has 0 fully saturated rings. The van der Waals surface area contributed by atoms with E-state index in [1.54, 1.807) is 11.8 Å². The fourth-order valence-corrected chi connectivity index (χ4v) is 2.50. The first kappa shape index (κ1) is 12.2. The molecule has 0 aliphatic heterocycles. The largest absolute Gasteiger partial charge is 0.309 e. The van der Waals surface area contributed by atoms with E-state index in [9.17, 15) is 0 Å². The summed E-state index contributed by atoms with van der Waals surface area (Å²) in [6.07, 6.45) is 0.925. The zero-order valence-corrected chi connectivity index (χ0v) is 11.3. The van der Waals surface area contributed by atoms with Crippen molar-refractivity contribution in [3.63, 3.8) is 0 Å². The van der Waals surface area contributed by atoms with E-state index in [1.807, 2.05) is 7.05 Å². The molecule has 3 nitrogen and oxygen atoms in total. The molecule has 90 valence electrons. The minimum atomic E-state index is 0.925. The van der Waals surface area contributed by atoms with E-state index in [0.717, 1.165) is 23.2 Å². The van der Waals surface area contributed by atoms with Gasteiger partial charge in [0.25, 0.3) is 0 Å². The molecule has 1 aromatic carbocycles.